The summed E-state index contributed by atoms with van der Waals surface area (Å²) >= 11 is 0. The van der Waals surface area contributed by atoms with Gasteiger partial charge in [-0.2, -0.15) is 0 Å². The van der Waals surface area contributed by atoms with Gasteiger partial charge in [0.15, 0.2) is 0 Å². The molecule has 2 saturated heterocycles. The van der Waals surface area contributed by atoms with Crippen LogP contribution in [0.15, 0.2) is 30.3 Å². The third-order valence-corrected chi connectivity index (χ3v) is 5.34. The van der Waals surface area contributed by atoms with Crippen LogP contribution in [0.2, 0.25) is 0 Å². The van der Waals surface area contributed by atoms with E-state index in [9.17, 15) is 9.59 Å². The second kappa shape index (κ2) is 8.48. The van der Waals surface area contributed by atoms with E-state index in [0.717, 1.165) is 51.9 Å². The van der Waals surface area contributed by atoms with E-state index >= 15 is 0 Å². The first-order valence-electron chi connectivity index (χ1n) is 9.44. The highest BCUT2D eigenvalue weighted by atomic mass is 16.2. The van der Waals surface area contributed by atoms with Crippen molar-refractivity contribution in [3.63, 3.8) is 0 Å². The van der Waals surface area contributed by atoms with Gasteiger partial charge in [0.25, 0.3) is 0 Å². The minimum atomic E-state index is 0.0769. The zero-order chi connectivity index (χ0) is 17.6. The number of carbonyl (C=O) groups is 2. The van der Waals surface area contributed by atoms with Crippen LogP contribution < -0.4 is 5.32 Å². The van der Waals surface area contributed by atoms with Gasteiger partial charge in [0.2, 0.25) is 11.8 Å². The Bertz CT molecular complexity index is 590. The summed E-state index contributed by atoms with van der Waals surface area (Å²) in [4.78, 5) is 28.4. The van der Waals surface area contributed by atoms with Crippen LogP contribution in [-0.4, -0.2) is 53.3 Å². The number of rotatable bonds is 5. The Kier molecular flexibility index (Phi) is 6.08. The fourth-order valence-corrected chi connectivity index (χ4v) is 4.06. The lowest BCUT2D eigenvalue weighted by molar-refractivity contribution is -0.134. The number of carbonyl (C=O) groups excluding carboxylic acids is 2. The van der Waals surface area contributed by atoms with Crippen molar-refractivity contribution >= 4 is 11.8 Å². The summed E-state index contributed by atoms with van der Waals surface area (Å²) in [5.74, 6) is 0.178. The predicted molar refractivity (Wildman–Crippen MR) is 97.9 cm³/mol. The molecule has 0 spiro atoms. The van der Waals surface area contributed by atoms with Gasteiger partial charge >= 0.3 is 0 Å². The van der Waals surface area contributed by atoms with Crippen molar-refractivity contribution in [3.8, 4) is 0 Å². The van der Waals surface area contributed by atoms with Gasteiger partial charge in [-0.25, -0.2) is 0 Å². The molecule has 2 amide bonds. The van der Waals surface area contributed by atoms with Crippen molar-refractivity contribution in [3.05, 3.63) is 35.9 Å². The van der Waals surface area contributed by atoms with Crippen LogP contribution in [0, 0.1) is 0 Å². The molecule has 1 aromatic carbocycles. The topological polar surface area (TPSA) is 52.7 Å². The lowest BCUT2D eigenvalue weighted by atomic mass is 9.99. The maximum Gasteiger partial charge on any atom is 0.222 e. The Labute approximate surface area is 150 Å². The second-order valence-electron chi connectivity index (χ2n) is 7.34. The van der Waals surface area contributed by atoms with Gasteiger partial charge in [-0.15, -0.1) is 0 Å². The molecule has 0 radical (unpaired) electrons. The number of amides is 2. The molecule has 1 aromatic rings. The highest BCUT2D eigenvalue weighted by molar-refractivity contribution is 5.79. The molecule has 5 nitrogen and oxygen atoms in total. The van der Waals surface area contributed by atoms with Crippen LogP contribution in [0.1, 0.15) is 44.6 Å². The number of benzene rings is 1. The first kappa shape index (κ1) is 17.9. The molecule has 0 aromatic heterocycles. The minimum Gasteiger partial charge on any atom is -0.352 e. The Morgan fingerprint density at radius 3 is 2.68 bits per heavy atom. The van der Waals surface area contributed by atoms with Gasteiger partial charge in [0, 0.05) is 51.6 Å². The fourth-order valence-electron chi connectivity index (χ4n) is 4.06. The van der Waals surface area contributed by atoms with Crippen molar-refractivity contribution in [2.45, 2.75) is 57.7 Å². The Morgan fingerprint density at radius 1 is 1.12 bits per heavy atom. The van der Waals surface area contributed by atoms with Gasteiger partial charge < -0.3 is 10.2 Å². The maximum absolute atomic E-state index is 12.4. The summed E-state index contributed by atoms with van der Waals surface area (Å²) in [5, 5.41) is 3.18. The monoisotopic (exact) mass is 343 g/mol. The van der Waals surface area contributed by atoms with E-state index in [-0.39, 0.29) is 23.9 Å². The van der Waals surface area contributed by atoms with Gasteiger partial charge in [-0.05, 0) is 31.2 Å². The van der Waals surface area contributed by atoms with Crippen LogP contribution in [0.4, 0.5) is 0 Å². The standard InChI is InChI=1S/C20H29N3O2/c1-16(24)23-11-6-5-9-19(23)13-20(25)21-18-10-12-22(15-18)14-17-7-3-2-4-8-17/h2-4,7-8,18-19H,5-6,9-15H2,1H3,(H,21,25)/t18-,19+/m0/s1. The number of hydrogen-bond acceptors (Lipinski definition) is 3. The maximum atomic E-state index is 12.4. The predicted octanol–water partition coefficient (Wildman–Crippen LogP) is 2.17. The number of hydrogen-bond donors (Lipinski definition) is 1. The van der Waals surface area contributed by atoms with Crippen LogP contribution in [0.3, 0.4) is 0 Å². The lowest BCUT2D eigenvalue weighted by Gasteiger charge is -2.35. The molecule has 2 heterocycles. The molecule has 2 fully saturated rings. The average Bonchev–Trinajstić information content (AvgIpc) is 3.02. The Morgan fingerprint density at radius 2 is 1.92 bits per heavy atom. The molecule has 0 saturated carbocycles. The molecule has 2 aliphatic rings. The zero-order valence-corrected chi connectivity index (χ0v) is 15.1. The van der Waals surface area contributed by atoms with Crippen molar-refractivity contribution in [2.75, 3.05) is 19.6 Å². The van der Waals surface area contributed by atoms with E-state index in [0.29, 0.717) is 6.42 Å². The molecule has 25 heavy (non-hydrogen) atoms. The van der Waals surface area contributed by atoms with Crippen molar-refractivity contribution in [1.82, 2.24) is 15.1 Å². The molecule has 3 rings (SSSR count). The molecular weight excluding hydrogens is 314 g/mol. The summed E-state index contributed by atoms with van der Waals surface area (Å²) in [6.45, 7) is 5.26. The van der Waals surface area contributed by atoms with Crippen molar-refractivity contribution in [2.24, 2.45) is 0 Å². The van der Waals surface area contributed by atoms with Gasteiger partial charge in [-0.3, -0.25) is 14.5 Å². The molecule has 5 heteroatoms. The summed E-state index contributed by atoms with van der Waals surface area (Å²) < 4.78 is 0. The summed E-state index contributed by atoms with van der Waals surface area (Å²) in [6, 6.07) is 10.8. The third kappa shape index (κ3) is 5.05. The van der Waals surface area contributed by atoms with Crippen molar-refractivity contribution < 1.29 is 9.59 Å². The molecular formula is C20H29N3O2. The van der Waals surface area contributed by atoms with Crippen LogP contribution in [0.5, 0.6) is 0 Å². The van der Waals surface area contributed by atoms with Crippen molar-refractivity contribution in [1.29, 1.82) is 0 Å². The SMILES string of the molecule is CC(=O)N1CCCC[C@@H]1CC(=O)N[C@H]1CCN(Cc2ccccc2)C1. The molecule has 2 atom stereocenters. The normalized spacial score (nSPS) is 24.3. The number of nitrogens with one attached hydrogen (secondary N) is 1. The molecule has 0 bridgehead atoms. The molecule has 136 valence electrons. The summed E-state index contributed by atoms with van der Waals surface area (Å²) in [5.41, 5.74) is 1.31. The lowest BCUT2D eigenvalue weighted by Crippen LogP contribution is -2.46. The van der Waals surface area contributed by atoms with E-state index in [1.165, 1.54) is 5.56 Å². The van der Waals surface area contributed by atoms with E-state index in [2.05, 4.69) is 34.5 Å². The highest BCUT2D eigenvalue weighted by Gasteiger charge is 2.28. The number of nitrogens with zero attached hydrogens (tertiary/aromatic N) is 2. The highest BCUT2D eigenvalue weighted by Crippen LogP contribution is 2.20. The number of piperidine rings is 1. The van der Waals surface area contributed by atoms with Gasteiger partial charge in [0.1, 0.15) is 0 Å². The third-order valence-electron chi connectivity index (χ3n) is 5.34. The summed E-state index contributed by atoms with van der Waals surface area (Å²) in [6.07, 6.45) is 4.54. The van der Waals surface area contributed by atoms with E-state index in [4.69, 9.17) is 0 Å². The van der Waals surface area contributed by atoms with E-state index in [1.54, 1.807) is 6.92 Å². The van der Waals surface area contributed by atoms with Crippen LogP contribution in [-0.2, 0) is 16.1 Å². The molecule has 0 unspecified atom stereocenters. The molecule has 0 aliphatic carbocycles. The van der Waals surface area contributed by atoms with Crippen LogP contribution in [0.25, 0.3) is 0 Å². The smallest absolute Gasteiger partial charge is 0.222 e. The Hall–Kier alpha value is -1.88. The second-order valence-corrected chi connectivity index (χ2v) is 7.34. The fraction of sp³-hybridized carbons (Fsp3) is 0.600. The first-order valence-corrected chi connectivity index (χ1v) is 9.44. The summed E-state index contributed by atoms with van der Waals surface area (Å²) in [7, 11) is 0. The Balaban J connectivity index is 1.45. The number of likely N-dealkylation sites (tertiary alicyclic amines) is 2. The average molecular weight is 343 g/mol. The van der Waals surface area contributed by atoms with Gasteiger partial charge in [-0.1, -0.05) is 30.3 Å². The first-order chi connectivity index (χ1) is 12.1. The largest absolute Gasteiger partial charge is 0.352 e. The zero-order valence-electron chi connectivity index (χ0n) is 15.1. The minimum absolute atomic E-state index is 0.0769. The molecule has 2 aliphatic heterocycles. The van der Waals surface area contributed by atoms with E-state index < -0.39 is 0 Å². The molecule has 1 N–H and O–H groups in total. The van der Waals surface area contributed by atoms with E-state index in [1.807, 2.05) is 11.0 Å². The quantitative estimate of drug-likeness (QED) is 0.891. The van der Waals surface area contributed by atoms with Crippen LogP contribution >= 0.6 is 0 Å². The van der Waals surface area contributed by atoms with Gasteiger partial charge in [0.05, 0.1) is 0 Å².